The van der Waals surface area contributed by atoms with Crippen LogP contribution >= 0.6 is 0 Å². The van der Waals surface area contributed by atoms with E-state index in [2.05, 4.69) is 4.98 Å². The van der Waals surface area contributed by atoms with E-state index in [9.17, 15) is 0 Å². The van der Waals surface area contributed by atoms with Crippen molar-refractivity contribution in [2.45, 2.75) is 19.9 Å². The van der Waals surface area contributed by atoms with Gasteiger partial charge in [-0.15, -0.1) is 0 Å². The second kappa shape index (κ2) is 2.19. The van der Waals surface area contributed by atoms with Gasteiger partial charge in [0.15, 0.2) is 0 Å². The van der Waals surface area contributed by atoms with Gasteiger partial charge in [-0.05, 0) is 13.8 Å². The van der Waals surface area contributed by atoms with Gasteiger partial charge in [-0.3, -0.25) is 0 Å². The first-order chi connectivity index (χ1) is 4.20. The van der Waals surface area contributed by atoms with Crippen LogP contribution in [0.1, 0.15) is 24.6 Å². The van der Waals surface area contributed by atoms with Crippen LogP contribution in [-0.4, -0.2) is 4.98 Å². The minimum atomic E-state index is -0.0984. The average molecular weight is 126 g/mol. The third-order valence-electron chi connectivity index (χ3n) is 1.03. The first-order valence-electron chi connectivity index (χ1n) is 2.88. The van der Waals surface area contributed by atoms with Gasteiger partial charge in [-0.1, -0.05) is 0 Å². The van der Waals surface area contributed by atoms with Gasteiger partial charge in [0.1, 0.15) is 6.26 Å². The fourth-order valence-corrected chi connectivity index (χ4v) is 0.581. The number of aryl methyl sites for hydroxylation is 1. The van der Waals surface area contributed by atoms with Crippen molar-refractivity contribution < 1.29 is 4.42 Å². The molecule has 0 radical (unpaired) electrons. The molecule has 0 spiro atoms. The van der Waals surface area contributed by atoms with Gasteiger partial charge < -0.3 is 10.2 Å². The topological polar surface area (TPSA) is 52.0 Å². The summed E-state index contributed by atoms with van der Waals surface area (Å²) in [5, 5.41) is 0. The number of hydrogen-bond donors (Lipinski definition) is 1. The summed E-state index contributed by atoms with van der Waals surface area (Å²) in [6.45, 7) is 3.71. The number of nitrogens with zero attached hydrogens (tertiary/aromatic N) is 1. The summed E-state index contributed by atoms with van der Waals surface area (Å²) >= 11 is 0. The van der Waals surface area contributed by atoms with Crippen LogP contribution in [0.5, 0.6) is 0 Å². The minimum absolute atomic E-state index is 0.0984. The van der Waals surface area contributed by atoms with E-state index in [0.29, 0.717) is 5.89 Å². The summed E-state index contributed by atoms with van der Waals surface area (Å²) < 4.78 is 4.99. The van der Waals surface area contributed by atoms with Crippen molar-refractivity contribution in [1.29, 1.82) is 0 Å². The molecular weight excluding hydrogens is 116 g/mol. The first-order valence-corrected chi connectivity index (χ1v) is 2.88. The molecule has 0 saturated carbocycles. The highest BCUT2D eigenvalue weighted by Crippen LogP contribution is 2.07. The predicted octanol–water partition coefficient (Wildman–Crippen LogP) is 1.00. The van der Waals surface area contributed by atoms with Gasteiger partial charge in [0.2, 0.25) is 5.89 Å². The summed E-state index contributed by atoms with van der Waals surface area (Å²) in [5.41, 5.74) is 6.35. The van der Waals surface area contributed by atoms with Crippen LogP contribution in [0.15, 0.2) is 10.7 Å². The molecular formula is C6H10N2O. The molecule has 0 aromatic carbocycles. The van der Waals surface area contributed by atoms with Crippen LogP contribution in [0.4, 0.5) is 0 Å². The summed E-state index contributed by atoms with van der Waals surface area (Å²) in [6, 6.07) is -0.0984. The zero-order valence-corrected chi connectivity index (χ0v) is 5.59. The molecule has 1 rings (SSSR count). The highest BCUT2D eigenvalue weighted by molar-refractivity contribution is 4.95. The van der Waals surface area contributed by atoms with E-state index in [0.717, 1.165) is 5.69 Å². The van der Waals surface area contributed by atoms with Gasteiger partial charge in [0, 0.05) is 0 Å². The van der Waals surface area contributed by atoms with Crippen LogP contribution < -0.4 is 5.73 Å². The molecule has 0 aliphatic rings. The molecule has 50 valence electrons. The van der Waals surface area contributed by atoms with Crippen molar-refractivity contribution in [2.24, 2.45) is 5.73 Å². The number of hydrogen-bond acceptors (Lipinski definition) is 3. The Morgan fingerprint density at radius 3 is 2.67 bits per heavy atom. The molecule has 0 unspecified atom stereocenters. The Kier molecular flexibility index (Phi) is 1.53. The third-order valence-corrected chi connectivity index (χ3v) is 1.03. The number of nitrogens with two attached hydrogens (primary N) is 1. The van der Waals surface area contributed by atoms with Crippen molar-refractivity contribution in [3.05, 3.63) is 17.8 Å². The highest BCUT2D eigenvalue weighted by atomic mass is 16.3. The molecule has 3 nitrogen and oxygen atoms in total. The molecule has 1 aromatic rings. The summed E-state index contributed by atoms with van der Waals surface area (Å²) in [5.74, 6) is 0.604. The third kappa shape index (κ3) is 1.29. The molecule has 0 saturated heterocycles. The van der Waals surface area contributed by atoms with E-state index < -0.39 is 0 Å². The lowest BCUT2D eigenvalue weighted by Gasteiger charge is -1.94. The van der Waals surface area contributed by atoms with E-state index in [1.54, 1.807) is 6.26 Å². The lowest BCUT2D eigenvalue weighted by atomic mass is 10.4. The van der Waals surface area contributed by atoms with Crippen molar-refractivity contribution in [3.63, 3.8) is 0 Å². The molecule has 0 aliphatic heterocycles. The molecule has 3 heteroatoms. The van der Waals surface area contributed by atoms with Crippen LogP contribution in [0.25, 0.3) is 0 Å². The van der Waals surface area contributed by atoms with E-state index in [4.69, 9.17) is 10.2 Å². The first kappa shape index (κ1) is 6.29. The summed E-state index contributed by atoms with van der Waals surface area (Å²) in [6.07, 6.45) is 1.60. The maximum absolute atomic E-state index is 5.47. The Hall–Kier alpha value is -0.830. The Bertz CT molecular complexity index is 193. The maximum Gasteiger partial charge on any atom is 0.210 e. The monoisotopic (exact) mass is 126 g/mol. The number of rotatable bonds is 1. The molecule has 1 aromatic heterocycles. The summed E-state index contributed by atoms with van der Waals surface area (Å²) in [4.78, 5) is 4.02. The SMILES string of the molecule is Cc1coc([C@H](C)N)n1. The molecule has 1 heterocycles. The van der Waals surface area contributed by atoms with Crippen molar-refractivity contribution in [2.75, 3.05) is 0 Å². The Balaban J connectivity index is 2.85. The molecule has 2 N–H and O–H groups in total. The van der Waals surface area contributed by atoms with E-state index >= 15 is 0 Å². The normalized spacial score (nSPS) is 13.7. The lowest BCUT2D eigenvalue weighted by molar-refractivity contribution is 0.463. The Morgan fingerprint density at radius 1 is 1.78 bits per heavy atom. The second-order valence-electron chi connectivity index (χ2n) is 2.12. The smallest absolute Gasteiger partial charge is 0.210 e. The maximum atomic E-state index is 5.47. The molecule has 1 atom stereocenters. The van der Waals surface area contributed by atoms with E-state index in [1.165, 1.54) is 0 Å². The number of aromatic nitrogens is 1. The van der Waals surface area contributed by atoms with Crippen LogP contribution in [0.3, 0.4) is 0 Å². The van der Waals surface area contributed by atoms with Gasteiger partial charge in [-0.25, -0.2) is 4.98 Å². The van der Waals surface area contributed by atoms with Crippen molar-refractivity contribution in [1.82, 2.24) is 4.98 Å². The lowest BCUT2D eigenvalue weighted by Crippen LogP contribution is -2.04. The molecule has 9 heavy (non-hydrogen) atoms. The zero-order chi connectivity index (χ0) is 6.85. The summed E-state index contributed by atoms with van der Waals surface area (Å²) in [7, 11) is 0. The Morgan fingerprint density at radius 2 is 2.44 bits per heavy atom. The predicted molar refractivity (Wildman–Crippen MR) is 33.8 cm³/mol. The average Bonchev–Trinajstić information content (AvgIpc) is 2.14. The van der Waals surface area contributed by atoms with E-state index in [-0.39, 0.29) is 6.04 Å². The van der Waals surface area contributed by atoms with Crippen molar-refractivity contribution in [3.8, 4) is 0 Å². The van der Waals surface area contributed by atoms with Gasteiger partial charge in [0.05, 0.1) is 11.7 Å². The molecule has 0 aliphatic carbocycles. The van der Waals surface area contributed by atoms with Crippen molar-refractivity contribution >= 4 is 0 Å². The van der Waals surface area contributed by atoms with Gasteiger partial charge in [0.25, 0.3) is 0 Å². The quantitative estimate of drug-likeness (QED) is 0.610. The second-order valence-corrected chi connectivity index (χ2v) is 2.12. The van der Waals surface area contributed by atoms with E-state index in [1.807, 2.05) is 13.8 Å². The fourth-order valence-electron chi connectivity index (χ4n) is 0.581. The highest BCUT2D eigenvalue weighted by Gasteiger charge is 2.03. The molecule has 0 amide bonds. The molecule has 0 bridgehead atoms. The van der Waals surface area contributed by atoms with Gasteiger partial charge >= 0.3 is 0 Å². The van der Waals surface area contributed by atoms with Crippen LogP contribution in [-0.2, 0) is 0 Å². The minimum Gasteiger partial charge on any atom is -0.447 e. The van der Waals surface area contributed by atoms with Crippen LogP contribution in [0.2, 0.25) is 0 Å². The van der Waals surface area contributed by atoms with Crippen LogP contribution in [0, 0.1) is 6.92 Å². The number of oxazole rings is 1. The largest absolute Gasteiger partial charge is 0.447 e. The Labute approximate surface area is 53.9 Å². The standard InChI is InChI=1S/C6H10N2O/c1-4-3-9-6(8-4)5(2)7/h3,5H,7H2,1-2H3/t5-/m0/s1. The fraction of sp³-hybridized carbons (Fsp3) is 0.500. The molecule has 0 fully saturated rings. The van der Waals surface area contributed by atoms with Gasteiger partial charge in [-0.2, -0.15) is 0 Å². The zero-order valence-electron chi connectivity index (χ0n) is 5.59.